The van der Waals surface area contributed by atoms with Gasteiger partial charge in [-0.1, -0.05) is 0 Å². The van der Waals surface area contributed by atoms with Crippen molar-refractivity contribution in [1.29, 1.82) is 0 Å². The SMILES string of the molecule is COc1cc2c(N3CCC(NC4CC4)CC3)ccc(C(=O)Nc3cc(F)c4nc(C)cn4c3)n2n1. The second kappa shape index (κ2) is 8.53. The Bertz CT molecular complexity index is 1420. The molecule has 1 saturated heterocycles. The van der Waals surface area contributed by atoms with E-state index < -0.39 is 11.7 Å². The number of carbonyl (C=O) groups excluding carboxylic acids is 1. The minimum absolute atomic E-state index is 0.222. The number of carbonyl (C=O) groups is 1. The number of ether oxygens (including phenoxy) is 1. The maximum absolute atomic E-state index is 14.5. The topological polar surface area (TPSA) is 88.2 Å². The van der Waals surface area contributed by atoms with Crippen LogP contribution in [0, 0.1) is 12.7 Å². The average molecular weight is 478 g/mol. The molecule has 2 aliphatic rings. The normalized spacial score (nSPS) is 16.8. The average Bonchev–Trinajstić information content (AvgIpc) is 3.41. The van der Waals surface area contributed by atoms with Gasteiger partial charge in [-0.2, -0.15) is 0 Å². The molecule has 0 radical (unpaired) electrons. The van der Waals surface area contributed by atoms with Crippen molar-refractivity contribution in [3.05, 3.63) is 53.9 Å². The number of aryl methyl sites for hydroxylation is 1. The molecule has 0 unspecified atom stereocenters. The third-order valence-electron chi connectivity index (χ3n) is 6.79. The summed E-state index contributed by atoms with van der Waals surface area (Å²) in [7, 11) is 1.56. The molecule has 1 aliphatic heterocycles. The number of nitrogens with one attached hydrogen (secondary N) is 2. The molecule has 4 aromatic rings. The zero-order valence-electron chi connectivity index (χ0n) is 19.8. The molecule has 4 aromatic heterocycles. The molecule has 35 heavy (non-hydrogen) atoms. The Hall–Kier alpha value is -3.66. The fourth-order valence-electron chi connectivity index (χ4n) is 4.89. The smallest absolute Gasteiger partial charge is 0.274 e. The molecule has 0 atom stereocenters. The van der Waals surface area contributed by atoms with Crippen molar-refractivity contribution < 1.29 is 13.9 Å². The fraction of sp³-hybridized carbons (Fsp3) is 0.400. The molecule has 1 saturated carbocycles. The van der Waals surface area contributed by atoms with Crippen molar-refractivity contribution in [2.75, 3.05) is 30.4 Å². The van der Waals surface area contributed by atoms with Gasteiger partial charge in [-0.25, -0.2) is 13.9 Å². The lowest BCUT2D eigenvalue weighted by atomic mass is 10.0. The van der Waals surface area contributed by atoms with Crippen LogP contribution >= 0.6 is 0 Å². The van der Waals surface area contributed by atoms with E-state index in [1.54, 1.807) is 41.4 Å². The number of hydrogen-bond acceptors (Lipinski definition) is 6. The number of imidazole rings is 1. The monoisotopic (exact) mass is 477 g/mol. The Kier molecular flexibility index (Phi) is 5.32. The number of aromatic nitrogens is 4. The van der Waals surface area contributed by atoms with Crippen LogP contribution in [0.2, 0.25) is 0 Å². The lowest BCUT2D eigenvalue weighted by molar-refractivity contribution is 0.102. The fourth-order valence-corrected chi connectivity index (χ4v) is 4.89. The lowest BCUT2D eigenvalue weighted by Gasteiger charge is -2.34. The number of rotatable bonds is 6. The van der Waals surface area contributed by atoms with Crippen molar-refractivity contribution >= 4 is 28.4 Å². The number of anilines is 2. The number of halogens is 1. The highest BCUT2D eigenvalue weighted by Crippen LogP contribution is 2.30. The van der Waals surface area contributed by atoms with Crippen LogP contribution < -0.4 is 20.3 Å². The summed E-state index contributed by atoms with van der Waals surface area (Å²) in [6, 6.07) is 8.12. The number of piperidine rings is 1. The second-order valence-electron chi connectivity index (χ2n) is 9.43. The highest BCUT2D eigenvalue weighted by Gasteiger charge is 2.28. The van der Waals surface area contributed by atoms with E-state index in [1.807, 2.05) is 12.1 Å². The maximum Gasteiger partial charge on any atom is 0.274 e. The second-order valence-corrected chi connectivity index (χ2v) is 9.43. The number of pyridine rings is 2. The molecule has 5 heterocycles. The number of nitrogens with zero attached hydrogens (tertiary/aromatic N) is 5. The van der Waals surface area contributed by atoms with E-state index in [0.29, 0.717) is 35.0 Å². The lowest BCUT2D eigenvalue weighted by Crippen LogP contribution is -2.43. The number of methoxy groups -OCH3 is 1. The first-order chi connectivity index (χ1) is 17.0. The molecule has 0 aromatic carbocycles. The van der Waals surface area contributed by atoms with E-state index in [9.17, 15) is 9.18 Å². The summed E-state index contributed by atoms with van der Waals surface area (Å²) < 4.78 is 23.0. The molecular formula is C25H28FN7O2. The third kappa shape index (κ3) is 4.18. The molecule has 1 aliphatic carbocycles. The zero-order valence-corrected chi connectivity index (χ0v) is 19.8. The standard InChI is InChI=1S/C25H28FN7O2/c1-15-13-32-14-18(11-19(26)24(32)27-15)29-25(34)21-6-5-20(22-12-23(35-2)30-33(21)22)31-9-7-17(8-10-31)28-16-3-4-16/h5-6,11-14,16-17,28H,3-4,7-10H2,1-2H3,(H,29,34). The Labute approximate surface area is 201 Å². The summed E-state index contributed by atoms with van der Waals surface area (Å²) in [6.45, 7) is 3.66. The van der Waals surface area contributed by atoms with Crippen LogP contribution in [0.3, 0.4) is 0 Å². The Morgan fingerprint density at radius 2 is 1.89 bits per heavy atom. The van der Waals surface area contributed by atoms with Crippen LogP contribution in [0.4, 0.5) is 15.8 Å². The van der Waals surface area contributed by atoms with Crippen molar-refractivity contribution in [3.63, 3.8) is 0 Å². The summed E-state index contributed by atoms with van der Waals surface area (Å²) in [5.41, 5.74) is 3.40. The third-order valence-corrected chi connectivity index (χ3v) is 6.79. The number of fused-ring (bicyclic) bond motifs is 2. The summed E-state index contributed by atoms with van der Waals surface area (Å²) in [4.78, 5) is 19.7. The molecule has 0 spiro atoms. The molecule has 2 N–H and O–H groups in total. The minimum Gasteiger partial charge on any atom is -0.480 e. The predicted molar refractivity (Wildman–Crippen MR) is 131 cm³/mol. The molecule has 182 valence electrons. The van der Waals surface area contributed by atoms with Crippen molar-refractivity contribution in [2.45, 2.75) is 44.7 Å². The molecule has 1 amide bonds. The van der Waals surface area contributed by atoms with Gasteiger partial charge in [-0.3, -0.25) is 4.79 Å². The van der Waals surface area contributed by atoms with E-state index in [2.05, 4.69) is 25.6 Å². The Morgan fingerprint density at radius 3 is 2.63 bits per heavy atom. The van der Waals surface area contributed by atoms with E-state index >= 15 is 0 Å². The first kappa shape index (κ1) is 21.8. The maximum atomic E-state index is 14.5. The van der Waals surface area contributed by atoms with Gasteiger partial charge in [-0.15, -0.1) is 5.10 Å². The van der Waals surface area contributed by atoms with Gasteiger partial charge in [-0.05, 0) is 44.7 Å². The van der Waals surface area contributed by atoms with Gasteiger partial charge in [0.15, 0.2) is 11.5 Å². The number of hydrogen-bond donors (Lipinski definition) is 2. The van der Waals surface area contributed by atoms with Gasteiger partial charge in [0.25, 0.3) is 5.91 Å². The first-order valence-corrected chi connectivity index (χ1v) is 12.0. The van der Waals surface area contributed by atoms with Crippen LogP contribution in [-0.2, 0) is 0 Å². The van der Waals surface area contributed by atoms with Crippen LogP contribution in [0.15, 0.2) is 36.7 Å². The molecule has 9 nitrogen and oxygen atoms in total. The quantitative estimate of drug-likeness (QED) is 0.443. The minimum atomic E-state index is -0.503. The Balaban J connectivity index is 1.28. The van der Waals surface area contributed by atoms with Gasteiger partial charge >= 0.3 is 0 Å². The Morgan fingerprint density at radius 1 is 1.11 bits per heavy atom. The van der Waals surface area contributed by atoms with E-state index in [0.717, 1.165) is 37.1 Å². The van der Waals surface area contributed by atoms with Gasteiger partial charge in [0, 0.05) is 49.7 Å². The van der Waals surface area contributed by atoms with Crippen LogP contribution in [0.1, 0.15) is 41.9 Å². The molecule has 10 heteroatoms. The predicted octanol–water partition coefficient (Wildman–Crippen LogP) is 3.41. The van der Waals surface area contributed by atoms with Crippen molar-refractivity contribution in [3.8, 4) is 5.88 Å². The highest BCUT2D eigenvalue weighted by molar-refractivity contribution is 6.04. The summed E-state index contributed by atoms with van der Waals surface area (Å²) in [5, 5.41) is 11.0. The van der Waals surface area contributed by atoms with E-state index in [4.69, 9.17) is 4.74 Å². The summed E-state index contributed by atoms with van der Waals surface area (Å²) in [5.74, 6) is -0.467. The molecular weight excluding hydrogens is 449 g/mol. The van der Waals surface area contributed by atoms with Gasteiger partial charge in [0.2, 0.25) is 5.88 Å². The van der Waals surface area contributed by atoms with Crippen molar-refractivity contribution in [2.24, 2.45) is 0 Å². The van der Waals surface area contributed by atoms with Gasteiger partial charge in [0.05, 0.1) is 29.7 Å². The highest BCUT2D eigenvalue weighted by atomic mass is 19.1. The van der Waals surface area contributed by atoms with E-state index in [-0.39, 0.29) is 5.65 Å². The van der Waals surface area contributed by atoms with Crippen LogP contribution in [0.5, 0.6) is 5.88 Å². The van der Waals surface area contributed by atoms with E-state index in [1.165, 1.54) is 18.9 Å². The number of amides is 1. The summed E-state index contributed by atoms with van der Waals surface area (Å²) in [6.07, 6.45) is 8.11. The first-order valence-electron chi connectivity index (χ1n) is 12.0. The van der Waals surface area contributed by atoms with Crippen LogP contribution in [0.25, 0.3) is 11.2 Å². The van der Waals surface area contributed by atoms with Crippen molar-refractivity contribution in [1.82, 2.24) is 24.3 Å². The van der Waals surface area contributed by atoms with Crippen LogP contribution in [-0.4, -0.2) is 57.2 Å². The molecule has 0 bridgehead atoms. The molecule has 2 fully saturated rings. The van der Waals surface area contributed by atoms with Gasteiger partial charge < -0.3 is 24.7 Å². The zero-order chi connectivity index (χ0) is 24.1. The largest absolute Gasteiger partial charge is 0.480 e. The summed E-state index contributed by atoms with van der Waals surface area (Å²) >= 11 is 0. The van der Waals surface area contributed by atoms with Gasteiger partial charge in [0.1, 0.15) is 5.69 Å². The molecule has 6 rings (SSSR count).